The lowest BCUT2D eigenvalue weighted by Gasteiger charge is -2.28. The monoisotopic (exact) mass is 403 g/mol. The molecule has 0 N–H and O–H groups in total. The van der Waals surface area contributed by atoms with E-state index < -0.39 is 8.80 Å². The van der Waals surface area contributed by atoms with E-state index in [1.165, 1.54) is 43.8 Å². The molecule has 1 heteroatoms. The summed E-state index contributed by atoms with van der Waals surface area (Å²) >= 11 is 0. The molecule has 0 unspecified atom stereocenters. The first-order chi connectivity index (χ1) is 14.4. The van der Waals surface area contributed by atoms with Crippen molar-refractivity contribution in [2.75, 3.05) is 0 Å². The van der Waals surface area contributed by atoms with Gasteiger partial charge in [0.2, 0.25) is 0 Å². The maximum absolute atomic E-state index is 2.47. The molecule has 0 aromatic heterocycles. The molecular weight excluding hydrogens is 376 g/mol. The summed E-state index contributed by atoms with van der Waals surface area (Å²) in [6.45, 7) is 9.36. The predicted octanol–water partition coefficient (Wildman–Crippen LogP) is 5.46. The van der Waals surface area contributed by atoms with Crippen LogP contribution < -0.4 is 15.6 Å². The van der Waals surface area contributed by atoms with Gasteiger partial charge in [-0.25, -0.2) is 0 Å². The van der Waals surface area contributed by atoms with Crippen LogP contribution in [0.2, 0.25) is 0 Å². The van der Waals surface area contributed by atoms with Crippen molar-refractivity contribution in [2.24, 2.45) is 0 Å². The molecule has 0 nitrogen and oxygen atoms in total. The number of fused-ring (bicyclic) bond motifs is 3. The van der Waals surface area contributed by atoms with Crippen LogP contribution in [0.4, 0.5) is 0 Å². The average Bonchev–Trinajstić information content (AvgIpc) is 3.07. The molecule has 0 saturated carbocycles. The van der Waals surface area contributed by atoms with Gasteiger partial charge in [-0.3, -0.25) is 0 Å². The highest BCUT2D eigenvalue weighted by atomic mass is 28.3. The minimum Gasteiger partial charge on any atom is -0.0624 e. The number of aryl methyl sites for hydroxylation is 1. The molecule has 5 rings (SSSR count). The summed E-state index contributed by atoms with van der Waals surface area (Å²) in [6, 6.07) is 33.7. The molecule has 0 amide bonds. The van der Waals surface area contributed by atoms with Crippen molar-refractivity contribution < 1.29 is 0 Å². The zero-order valence-electron chi connectivity index (χ0n) is 18.2. The number of benzene rings is 4. The van der Waals surface area contributed by atoms with Crippen molar-refractivity contribution in [1.29, 1.82) is 0 Å². The Hall–Kier alpha value is -2.90. The lowest BCUT2D eigenvalue weighted by molar-refractivity contribution is 0.590. The molecule has 147 valence electrons. The molecule has 0 fully saturated rings. The summed E-state index contributed by atoms with van der Waals surface area (Å²) < 4.78 is 0. The Morgan fingerprint density at radius 2 is 1.27 bits per heavy atom. The van der Waals surface area contributed by atoms with Crippen LogP contribution >= 0.6 is 0 Å². The maximum atomic E-state index is 2.47. The molecule has 30 heavy (non-hydrogen) atoms. The molecule has 0 bridgehead atoms. The van der Waals surface area contributed by atoms with Gasteiger partial charge < -0.3 is 0 Å². The largest absolute Gasteiger partial charge is 0.156 e. The Morgan fingerprint density at radius 3 is 1.93 bits per heavy atom. The zero-order chi connectivity index (χ0) is 20.9. The van der Waals surface area contributed by atoms with Crippen molar-refractivity contribution in [3.05, 3.63) is 102 Å². The maximum Gasteiger partial charge on any atom is 0.156 e. The van der Waals surface area contributed by atoms with E-state index in [4.69, 9.17) is 0 Å². The van der Waals surface area contributed by atoms with E-state index in [1.54, 1.807) is 5.19 Å². The molecule has 1 aliphatic rings. The summed E-state index contributed by atoms with van der Waals surface area (Å²) in [6.07, 6.45) is 0. The number of hydrogen-bond donors (Lipinski definition) is 0. The Morgan fingerprint density at radius 1 is 0.633 bits per heavy atom. The van der Waals surface area contributed by atoms with Gasteiger partial charge in [-0.05, 0) is 56.1 Å². The zero-order valence-corrected chi connectivity index (χ0v) is 19.2. The van der Waals surface area contributed by atoms with E-state index in [0.717, 1.165) is 0 Å². The summed E-state index contributed by atoms with van der Waals surface area (Å²) in [5.74, 6) is 0. The Bertz CT molecular complexity index is 1210. The summed E-state index contributed by atoms with van der Waals surface area (Å²) in [5.41, 5.74) is 8.54. The van der Waals surface area contributed by atoms with Crippen LogP contribution in [0.25, 0.3) is 22.3 Å². The van der Waals surface area contributed by atoms with Crippen molar-refractivity contribution in [1.82, 2.24) is 0 Å². The van der Waals surface area contributed by atoms with Crippen molar-refractivity contribution in [3.63, 3.8) is 0 Å². The van der Waals surface area contributed by atoms with E-state index in [0.29, 0.717) is 0 Å². The highest BCUT2D eigenvalue weighted by Crippen LogP contribution is 2.33. The molecular formula is C29H27Si. The summed E-state index contributed by atoms with van der Waals surface area (Å²) in [4.78, 5) is 0. The molecule has 1 radical (unpaired) electrons. The molecule has 1 heterocycles. The van der Waals surface area contributed by atoms with Crippen LogP contribution in [-0.4, -0.2) is 8.80 Å². The van der Waals surface area contributed by atoms with Gasteiger partial charge in [-0.2, -0.15) is 0 Å². The normalized spacial score (nSPS) is 13.2. The first-order valence-corrected chi connectivity index (χ1v) is 12.2. The van der Waals surface area contributed by atoms with Crippen molar-refractivity contribution in [3.8, 4) is 22.3 Å². The van der Waals surface area contributed by atoms with Gasteiger partial charge >= 0.3 is 0 Å². The molecule has 4 aromatic carbocycles. The van der Waals surface area contributed by atoms with E-state index in [9.17, 15) is 0 Å². The molecule has 0 atom stereocenters. The fraction of sp³-hybridized carbons (Fsp3) is 0.172. The lowest BCUT2D eigenvalue weighted by atomic mass is 9.82. The quantitative estimate of drug-likeness (QED) is 0.344. The second-order valence-electron chi connectivity index (χ2n) is 9.30. The van der Waals surface area contributed by atoms with Gasteiger partial charge in [0.1, 0.15) is 0 Å². The van der Waals surface area contributed by atoms with E-state index in [-0.39, 0.29) is 5.41 Å². The SMILES string of the molecule is Cc1ccc2c(c1C(C)(C)C)[Si](c1ccccc1)c1cc(-c3ccccc3)ccc1-2. The minimum atomic E-state index is -1.07. The van der Waals surface area contributed by atoms with E-state index in [2.05, 4.69) is 119 Å². The van der Waals surface area contributed by atoms with Crippen LogP contribution in [-0.2, 0) is 5.41 Å². The predicted molar refractivity (Wildman–Crippen MR) is 132 cm³/mol. The average molecular weight is 404 g/mol. The van der Waals surface area contributed by atoms with Gasteiger partial charge in [0.25, 0.3) is 0 Å². The van der Waals surface area contributed by atoms with Crippen molar-refractivity contribution in [2.45, 2.75) is 33.1 Å². The van der Waals surface area contributed by atoms with Crippen LogP contribution in [0.15, 0.2) is 91.0 Å². The second kappa shape index (κ2) is 7.11. The Labute approximate surface area is 181 Å². The van der Waals surface area contributed by atoms with Gasteiger partial charge in [-0.15, -0.1) is 0 Å². The van der Waals surface area contributed by atoms with Crippen LogP contribution in [0.5, 0.6) is 0 Å². The van der Waals surface area contributed by atoms with E-state index in [1.807, 2.05) is 0 Å². The van der Waals surface area contributed by atoms with Crippen LogP contribution in [0.3, 0.4) is 0 Å². The highest BCUT2D eigenvalue weighted by molar-refractivity contribution is 6.99. The van der Waals surface area contributed by atoms with Crippen LogP contribution in [0, 0.1) is 6.92 Å². The number of hydrogen-bond acceptors (Lipinski definition) is 0. The van der Waals surface area contributed by atoms with Gasteiger partial charge in [0.05, 0.1) is 0 Å². The molecule has 0 saturated heterocycles. The van der Waals surface area contributed by atoms with Gasteiger partial charge in [-0.1, -0.05) is 117 Å². The lowest BCUT2D eigenvalue weighted by Crippen LogP contribution is -2.51. The van der Waals surface area contributed by atoms with E-state index >= 15 is 0 Å². The topological polar surface area (TPSA) is 0 Å². The molecule has 0 spiro atoms. The highest BCUT2D eigenvalue weighted by Gasteiger charge is 2.37. The number of rotatable bonds is 2. The molecule has 1 aliphatic heterocycles. The van der Waals surface area contributed by atoms with Gasteiger partial charge in [0, 0.05) is 0 Å². The third-order valence-electron chi connectivity index (χ3n) is 6.16. The first kappa shape index (κ1) is 19.1. The fourth-order valence-corrected chi connectivity index (χ4v) is 8.48. The molecule has 4 aromatic rings. The van der Waals surface area contributed by atoms with Crippen molar-refractivity contribution >= 4 is 24.4 Å². The summed E-state index contributed by atoms with van der Waals surface area (Å²) in [7, 11) is -1.07. The Kier molecular flexibility index (Phi) is 4.52. The first-order valence-electron chi connectivity index (χ1n) is 10.7. The Balaban J connectivity index is 1.81. The van der Waals surface area contributed by atoms with Gasteiger partial charge in [0.15, 0.2) is 8.80 Å². The smallest absolute Gasteiger partial charge is 0.0624 e. The third-order valence-corrected chi connectivity index (χ3v) is 9.04. The fourth-order valence-electron chi connectivity index (χ4n) is 4.99. The van der Waals surface area contributed by atoms with Crippen LogP contribution in [0.1, 0.15) is 31.9 Å². The minimum absolute atomic E-state index is 0.116. The second-order valence-corrected chi connectivity index (χ2v) is 11.7. The third kappa shape index (κ3) is 3.05. The standard InChI is InChI=1S/C29H27Si/c1-20-15-17-25-24-18-16-22(21-11-7-5-8-12-21)19-26(24)30(23-13-9-6-10-14-23)28(25)27(20)29(2,3)4/h5-19H,1-4H3. The summed E-state index contributed by atoms with van der Waals surface area (Å²) in [5, 5.41) is 4.60. The molecule has 0 aliphatic carbocycles.